The van der Waals surface area contributed by atoms with Crippen LogP contribution in [0.25, 0.3) is 0 Å². The standard InChI is InChI=1S/C15H27N3O4S/c1-11(19)16-14(12-6-3-4-7-12)15(20)18-9-5-8-13(10-18)17-23(2,21)22/h12-14,17H,3-10H2,1-2H3,(H,16,19)/t13-,14-/m0/s1. The third-order valence-electron chi connectivity index (χ3n) is 4.61. The molecular weight excluding hydrogens is 318 g/mol. The third-order valence-corrected chi connectivity index (χ3v) is 5.37. The Morgan fingerprint density at radius 1 is 1.13 bits per heavy atom. The number of amides is 2. The molecule has 2 atom stereocenters. The molecule has 132 valence electrons. The number of rotatable bonds is 5. The number of piperidine rings is 1. The van der Waals surface area contributed by atoms with Gasteiger partial charge >= 0.3 is 0 Å². The van der Waals surface area contributed by atoms with Crippen LogP contribution >= 0.6 is 0 Å². The van der Waals surface area contributed by atoms with Gasteiger partial charge in [0.1, 0.15) is 6.04 Å². The number of hydrogen-bond donors (Lipinski definition) is 2. The van der Waals surface area contributed by atoms with E-state index in [0.29, 0.717) is 13.1 Å². The predicted octanol–water partition coefficient (Wildman–Crippen LogP) is 0.222. The van der Waals surface area contributed by atoms with Crippen LogP contribution in [0.5, 0.6) is 0 Å². The molecule has 8 heteroatoms. The van der Waals surface area contributed by atoms with Crippen molar-refractivity contribution in [2.45, 2.75) is 57.5 Å². The van der Waals surface area contributed by atoms with Crippen molar-refractivity contribution in [3.8, 4) is 0 Å². The van der Waals surface area contributed by atoms with Crippen molar-refractivity contribution in [2.75, 3.05) is 19.3 Å². The average Bonchev–Trinajstić information content (AvgIpc) is 2.96. The maximum atomic E-state index is 12.9. The summed E-state index contributed by atoms with van der Waals surface area (Å²) in [6, 6.07) is -0.726. The quantitative estimate of drug-likeness (QED) is 0.745. The fraction of sp³-hybridized carbons (Fsp3) is 0.867. The molecule has 2 rings (SSSR count). The molecule has 0 bridgehead atoms. The molecule has 0 unspecified atom stereocenters. The summed E-state index contributed by atoms with van der Waals surface area (Å²) in [5.41, 5.74) is 0. The minimum absolute atomic E-state index is 0.0768. The zero-order valence-corrected chi connectivity index (χ0v) is 14.7. The van der Waals surface area contributed by atoms with Gasteiger partial charge in [0, 0.05) is 26.1 Å². The molecule has 0 aromatic carbocycles. The van der Waals surface area contributed by atoms with Gasteiger partial charge < -0.3 is 10.2 Å². The van der Waals surface area contributed by atoms with Gasteiger partial charge in [-0.15, -0.1) is 0 Å². The Bertz CT molecular complexity index is 543. The smallest absolute Gasteiger partial charge is 0.245 e. The molecule has 7 nitrogen and oxygen atoms in total. The molecule has 23 heavy (non-hydrogen) atoms. The largest absolute Gasteiger partial charge is 0.344 e. The first-order valence-electron chi connectivity index (χ1n) is 8.29. The maximum absolute atomic E-state index is 12.9. The SMILES string of the molecule is CC(=O)N[C@H](C(=O)N1CCC[C@H](NS(C)(=O)=O)C1)C1CCCC1. The summed E-state index contributed by atoms with van der Waals surface area (Å²) in [4.78, 5) is 26.0. The van der Waals surface area contributed by atoms with Crippen molar-refractivity contribution < 1.29 is 18.0 Å². The molecule has 0 aromatic rings. The Kier molecular flexibility index (Phi) is 6.02. The van der Waals surface area contributed by atoms with Gasteiger partial charge in [0.05, 0.1) is 6.26 Å². The molecule has 0 aromatic heterocycles. The van der Waals surface area contributed by atoms with Gasteiger partial charge in [0.25, 0.3) is 0 Å². The van der Waals surface area contributed by atoms with Crippen molar-refractivity contribution in [3.05, 3.63) is 0 Å². The highest BCUT2D eigenvalue weighted by atomic mass is 32.2. The van der Waals surface area contributed by atoms with Crippen molar-refractivity contribution in [2.24, 2.45) is 5.92 Å². The van der Waals surface area contributed by atoms with Crippen LogP contribution in [0.2, 0.25) is 0 Å². The summed E-state index contributed by atoms with van der Waals surface area (Å²) in [6.07, 6.45) is 6.71. The highest BCUT2D eigenvalue weighted by Gasteiger charge is 2.36. The monoisotopic (exact) mass is 345 g/mol. The summed E-state index contributed by atoms with van der Waals surface area (Å²) < 4.78 is 25.4. The molecular formula is C15H27N3O4S. The first-order chi connectivity index (χ1) is 10.8. The second-order valence-corrected chi connectivity index (χ2v) is 8.52. The predicted molar refractivity (Wildman–Crippen MR) is 87.1 cm³/mol. The van der Waals surface area contributed by atoms with Crippen LogP contribution in [0, 0.1) is 5.92 Å². The normalized spacial score (nSPS) is 24.4. The number of carbonyl (C=O) groups is 2. The van der Waals surface area contributed by atoms with Crippen LogP contribution in [0.15, 0.2) is 0 Å². The van der Waals surface area contributed by atoms with Crippen molar-refractivity contribution >= 4 is 21.8 Å². The molecule has 0 radical (unpaired) electrons. The van der Waals surface area contributed by atoms with E-state index in [9.17, 15) is 18.0 Å². The number of nitrogens with one attached hydrogen (secondary N) is 2. The van der Waals surface area contributed by atoms with Crippen molar-refractivity contribution in [1.82, 2.24) is 14.9 Å². The summed E-state index contributed by atoms with van der Waals surface area (Å²) in [6.45, 7) is 2.41. The van der Waals surface area contributed by atoms with E-state index >= 15 is 0 Å². The Morgan fingerprint density at radius 3 is 2.35 bits per heavy atom. The second-order valence-electron chi connectivity index (χ2n) is 6.74. The van der Waals surface area contributed by atoms with E-state index in [2.05, 4.69) is 10.0 Å². The fourth-order valence-corrected chi connectivity index (χ4v) is 4.46. The fourth-order valence-electron chi connectivity index (χ4n) is 3.66. The van der Waals surface area contributed by atoms with Gasteiger partial charge in [-0.2, -0.15) is 0 Å². The zero-order chi connectivity index (χ0) is 17.0. The third kappa shape index (κ3) is 5.46. The van der Waals surface area contributed by atoms with Crippen LogP contribution in [-0.4, -0.2) is 56.6 Å². The van der Waals surface area contributed by atoms with Crippen LogP contribution < -0.4 is 10.0 Å². The summed E-state index contributed by atoms with van der Waals surface area (Å²) >= 11 is 0. The van der Waals surface area contributed by atoms with Gasteiger partial charge in [0.15, 0.2) is 0 Å². The first kappa shape index (κ1) is 18.2. The lowest BCUT2D eigenvalue weighted by Crippen LogP contribution is -2.56. The molecule has 2 amide bonds. The molecule has 1 aliphatic heterocycles. The Labute approximate surface area is 138 Å². The van der Waals surface area contributed by atoms with E-state index in [0.717, 1.165) is 44.8 Å². The number of likely N-dealkylation sites (tertiary alicyclic amines) is 1. The Morgan fingerprint density at radius 2 is 1.78 bits per heavy atom. The molecule has 0 spiro atoms. The van der Waals surface area contributed by atoms with Crippen molar-refractivity contribution in [3.63, 3.8) is 0 Å². The minimum Gasteiger partial charge on any atom is -0.344 e. The molecule has 1 saturated heterocycles. The van der Waals surface area contributed by atoms with Crippen molar-refractivity contribution in [1.29, 1.82) is 0 Å². The van der Waals surface area contributed by atoms with E-state index < -0.39 is 16.1 Å². The molecule has 1 aliphatic carbocycles. The molecule has 2 fully saturated rings. The number of carbonyl (C=O) groups excluding carboxylic acids is 2. The lowest BCUT2D eigenvalue weighted by molar-refractivity contribution is -0.138. The van der Waals surface area contributed by atoms with E-state index in [1.807, 2.05) is 0 Å². The highest BCUT2D eigenvalue weighted by molar-refractivity contribution is 7.88. The summed E-state index contributed by atoms with van der Waals surface area (Å²) in [5, 5.41) is 2.81. The van der Waals surface area contributed by atoms with Gasteiger partial charge in [0.2, 0.25) is 21.8 Å². The lowest BCUT2D eigenvalue weighted by atomic mass is 9.95. The van der Waals surface area contributed by atoms with E-state index in [1.54, 1.807) is 4.90 Å². The first-order valence-corrected chi connectivity index (χ1v) is 10.2. The summed E-state index contributed by atoms with van der Waals surface area (Å²) in [7, 11) is -3.29. The van der Waals surface area contributed by atoms with Gasteiger partial charge in [-0.3, -0.25) is 9.59 Å². The van der Waals surface area contributed by atoms with E-state index in [1.165, 1.54) is 6.92 Å². The maximum Gasteiger partial charge on any atom is 0.245 e. The zero-order valence-electron chi connectivity index (χ0n) is 13.9. The van der Waals surface area contributed by atoms with Gasteiger partial charge in [-0.25, -0.2) is 13.1 Å². The number of hydrogen-bond acceptors (Lipinski definition) is 4. The van der Waals surface area contributed by atoms with Gasteiger partial charge in [-0.05, 0) is 31.6 Å². The summed E-state index contributed by atoms with van der Waals surface area (Å²) in [5.74, 6) is -0.0835. The molecule has 2 aliphatic rings. The van der Waals surface area contributed by atoms with E-state index in [-0.39, 0.29) is 23.8 Å². The molecule has 1 saturated carbocycles. The highest BCUT2D eigenvalue weighted by Crippen LogP contribution is 2.29. The molecule has 1 heterocycles. The topological polar surface area (TPSA) is 95.6 Å². The Hall–Kier alpha value is -1.15. The Balaban J connectivity index is 2.04. The average molecular weight is 345 g/mol. The second kappa shape index (κ2) is 7.61. The molecule has 2 N–H and O–H groups in total. The van der Waals surface area contributed by atoms with Crippen LogP contribution in [0.3, 0.4) is 0 Å². The lowest BCUT2D eigenvalue weighted by Gasteiger charge is -2.36. The minimum atomic E-state index is -3.29. The van der Waals surface area contributed by atoms with E-state index in [4.69, 9.17) is 0 Å². The number of sulfonamides is 1. The van der Waals surface area contributed by atoms with Crippen LogP contribution in [0.4, 0.5) is 0 Å². The number of nitrogens with zero attached hydrogens (tertiary/aromatic N) is 1. The van der Waals surface area contributed by atoms with Crippen LogP contribution in [-0.2, 0) is 19.6 Å². The van der Waals surface area contributed by atoms with Gasteiger partial charge in [-0.1, -0.05) is 12.8 Å². The van der Waals surface area contributed by atoms with Crippen LogP contribution in [0.1, 0.15) is 45.4 Å².